The number of aromatic hydroxyl groups is 1. The molecule has 0 aliphatic carbocycles. The summed E-state index contributed by atoms with van der Waals surface area (Å²) < 4.78 is 7.05. The maximum absolute atomic E-state index is 12.7. The van der Waals surface area contributed by atoms with E-state index < -0.39 is 5.60 Å². The molecule has 1 aliphatic heterocycles. The van der Waals surface area contributed by atoms with Crippen LogP contribution >= 0.6 is 0 Å². The third-order valence-electron chi connectivity index (χ3n) is 4.27. The van der Waals surface area contributed by atoms with Crippen molar-refractivity contribution >= 4 is 17.7 Å². The Bertz CT molecular complexity index is 882. The Labute approximate surface area is 157 Å². The van der Waals surface area contributed by atoms with Crippen molar-refractivity contribution in [3.05, 3.63) is 41.2 Å². The van der Waals surface area contributed by atoms with Gasteiger partial charge >= 0.3 is 6.09 Å². The molecule has 0 fully saturated rings. The number of fused-ring (bicyclic) bond motifs is 1. The lowest BCUT2D eigenvalue weighted by molar-refractivity contribution is 0.0219. The number of hydrogen-bond acceptors (Lipinski definition) is 5. The van der Waals surface area contributed by atoms with E-state index in [0.29, 0.717) is 30.9 Å². The highest BCUT2D eigenvalue weighted by atomic mass is 16.6. The highest BCUT2D eigenvalue weighted by Crippen LogP contribution is 2.26. The van der Waals surface area contributed by atoms with E-state index in [-0.39, 0.29) is 17.7 Å². The molecule has 2 heterocycles. The van der Waals surface area contributed by atoms with Gasteiger partial charge in [0, 0.05) is 19.2 Å². The fourth-order valence-electron chi connectivity index (χ4n) is 3.00. The Kier molecular flexibility index (Phi) is 4.82. The van der Waals surface area contributed by atoms with Crippen LogP contribution in [0.2, 0.25) is 0 Å². The van der Waals surface area contributed by atoms with Crippen LogP contribution in [0.3, 0.4) is 0 Å². The average molecular weight is 372 g/mol. The summed E-state index contributed by atoms with van der Waals surface area (Å²) in [7, 11) is 1.74. The molecule has 1 aliphatic rings. The molecular formula is C19H24N4O4. The van der Waals surface area contributed by atoms with Crippen LogP contribution < -0.4 is 5.32 Å². The van der Waals surface area contributed by atoms with Crippen molar-refractivity contribution in [3.63, 3.8) is 0 Å². The number of para-hydroxylation sites is 2. The first-order chi connectivity index (χ1) is 12.7. The molecule has 0 atom stereocenters. The van der Waals surface area contributed by atoms with Crippen LogP contribution in [0.1, 0.15) is 42.5 Å². The first-order valence-corrected chi connectivity index (χ1v) is 8.78. The van der Waals surface area contributed by atoms with Gasteiger partial charge in [-0.05, 0) is 39.3 Å². The topological polar surface area (TPSA) is 96.7 Å². The van der Waals surface area contributed by atoms with Gasteiger partial charge < -0.3 is 20.1 Å². The summed E-state index contributed by atoms with van der Waals surface area (Å²) in [5, 5.41) is 16.9. The molecule has 0 saturated carbocycles. The second kappa shape index (κ2) is 6.94. The molecule has 8 nitrogen and oxygen atoms in total. The average Bonchev–Trinajstić information content (AvgIpc) is 2.92. The molecule has 0 spiro atoms. The van der Waals surface area contributed by atoms with E-state index in [0.717, 1.165) is 11.3 Å². The van der Waals surface area contributed by atoms with Crippen molar-refractivity contribution in [1.29, 1.82) is 0 Å². The summed E-state index contributed by atoms with van der Waals surface area (Å²) in [5.74, 6) is -0.397. The molecular weight excluding hydrogens is 348 g/mol. The lowest BCUT2D eigenvalue weighted by Crippen LogP contribution is -2.40. The van der Waals surface area contributed by atoms with Crippen molar-refractivity contribution in [1.82, 2.24) is 14.7 Å². The standard InChI is InChI=1S/C19H24N4O4/c1-19(2,3)27-18(26)23-10-9-12-14(11-23)22(4)21-16(12)17(25)20-13-7-5-6-8-15(13)24/h5-8,24H,9-11H2,1-4H3,(H,20,25). The molecule has 0 radical (unpaired) electrons. The summed E-state index contributed by atoms with van der Waals surface area (Å²) in [4.78, 5) is 26.6. The summed E-state index contributed by atoms with van der Waals surface area (Å²) >= 11 is 0. The Morgan fingerprint density at radius 2 is 1.96 bits per heavy atom. The molecule has 144 valence electrons. The number of rotatable bonds is 2. The van der Waals surface area contributed by atoms with Crippen molar-refractivity contribution in [2.45, 2.75) is 39.3 Å². The van der Waals surface area contributed by atoms with Crippen LogP contribution in [-0.4, -0.2) is 43.9 Å². The molecule has 0 unspecified atom stereocenters. The number of nitrogens with one attached hydrogen (secondary N) is 1. The van der Waals surface area contributed by atoms with Crippen LogP contribution in [0, 0.1) is 0 Å². The lowest BCUT2D eigenvalue weighted by Gasteiger charge is -2.30. The predicted octanol–water partition coefficient (Wildman–Crippen LogP) is 2.67. The summed E-state index contributed by atoms with van der Waals surface area (Å²) in [6, 6.07) is 6.52. The second-order valence-electron chi connectivity index (χ2n) is 7.52. The van der Waals surface area contributed by atoms with Gasteiger partial charge in [-0.25, -0.2) is 4.79 Å². The number of aromatic nitrogens is 2. The van der Waals surface area contributed by atoms with Gasteiger partial charge in [-0.1, -0.05) is 12.1 Å². The number of hydrogen-bond donors (Lipinski definition) is 2. The van der Waals surface area contributed by atoms with Gasteiger partial charge in [-0.3, -0.25) is 9.48 Å². The molecule has 27 heavy (non-hydrogen) atoms. The quantitative estimate of drug-likeness (QED) is 0.790. The van der Waals surface area contributed by atoms with Gasteiger partial charge in [-0.15, -0.1) is 0 Å². The minimum Gasteiger partial charge on any atom is -0.506 e. The zero-order chi connectivity index (χ0) is 19.8. The smallest absolute Gasteiger partial charge is 0.410 e. The first kappa shape index (κ1) is 18.8. The number of anilines is 1. The maximum Gasteiger partial charge on any atom is 0.410 e. The van der Waals surface area contributed by atoms with Gasteiger partial charge in [-0.2, -0.15) is 5.10 Å². The number of ether oxygens (including phenoxy) is 1. The van der Waals surface area contributed by atoms with Crippen LogP contribution in [0.25, 0.3) is 0 Å². The fourth-order valence-corrected chi connectivity index (χ4v) is 3.00. The lowest BCUT2D eigenvalue weighted by atomic mass is 10.0. The zero-order valence-electron chi connectivity index (χ0n) is 15.9. The van der Waals surface area contributed by atoms with Gasteiger partial charge in [0.1, 0.15) is 11.4 Å². The molecule has 2 aromatic rings. The number of aryl methyl sites for hydroxylation is 1. The number of carbonyl (C=O) groups excluding carboxylic acids is 2. The molecule has 8 heteroatoms. The number of phenolic OH excluding ortho intramolecular Hbond substituents is 1. The van der Waals surface area contributed by atoms with E-state index in [4.69, 9.17) is 4.74 Å². The SMILES string of the molecule is Cn1nc(C(=O)Nc2ccccc2O)c2c1CN(C(=O)OC(C)(C)C)CC2. The van der Waals surface area contributed by atoms with Crippen LogP contribution in [0.15, 0.2) is 24.3 Å². The number of nitrogens with zero attached hydrogens (tertiary/aromatic N) is 3. The highest BCUT2D eigenvalue weighted by molar-refractivity contribution is 6.04. The number of benzene rings is 1. The van der Waals surface area contributed by atoms with Gasteiger partial charge in [0.25, 0.3) is 5.91 Å². The zero-order valence-corrected chi connectivity index (χ0v) is 15.9. The largest absolute Gasteiger partial charge is 0.506 e. The van der Waals surface area contributed by atoms with E-state index in [1.807, 2.05) is 20.8 Å². The summed E-state index contributed by atoms with van der Waals surface area (Å²) in [6.45, 7) is 6.26. The van der Waals surface area contributed by atoms with Gasteiger partial charge in [0.2, 0.25) is 0 Å². The van der Waals surface area contributed by atoms with Gasteiger partial charge in [0.15, 0.2) is 5.69 Å². The summed E-state index contributed by atoms with van der Waals surface area (Å²) in [6.07, 6.45) is 0.126. The fraction of sp³-hybridized carbons (Fsp3) is 0.421. The van der Waals surface area contributed by atoms with Crippen molar-refractivity contribution in [2.24, 2.45) is 7.05 Å². The van der Waals surface area contributed by atoms with Crippen molar-refractivity contribution < 1.29 is 19.4 Å². The van der Waals surface area contributed by atoms with Crippen LogP contribution in [0.4, 0.5) is 10.5 Å². The molecule has 2 N–H and O–H groups in total. The van der Waals surface area contributed by atoms with Crippen LogP contribution in [-0.2, 0) is 24.8 Å². The Morgan fingerprint density at radius 3 is 2.63 bits per heavy atom. The van der Waals surface area contributed by atoms with E-state index in [1.54, 1.807) is 34.8 Å². The maximum atomic E-state index is 12.7. The Balaban J connectivity index is 1.79. The minimum absolute atomic E-state index is 0.00764. The predicted molar refractivity (Wildman–Crippen MR) is 99.6 cm³/mol. The Morgan fingerprint density at radius 1 is 1.26 bits per heavy atom. The molecule has 2 amide bonds. The number of phenols is 1. The normalized spacial score (nSPS) is 13.9. The van der Waals surface area contributed by atoms with Gasteiger partial charge in [0.05, 0.1) is 17.9 Å². The van der Waals surface area contributed by atoms with Crippen molar-refractivity contribution in [3.8, 4) is 5.75 Å². The molecule has 0 saturated heterocycles. The minimum atomic E-state index is -0.563. The Hall–Kier alpha value is -3.03. The second-order valence-corrected chi connectivity index (χ2v) is 7.52. The third kappa shape index (κ3) is 4.05. The van der Waals surface area contributed by atoms with E-state index >= 15 is 0 Å². The number of carbonyl (C=O) groups is 2. The van der Waals surface area contributed by atoms with E-state index in [2.05, 4.69) is 10.4 Å². The first-order valence-electron chi connectivity index (χ1n) is 8.78. The molecule has 3 rings (SSSR count). The third-order valence-corrected chi connectivity index (χ3v) is 4.27. The van der Waals surface area contributed by atoms with E-state index in [1.165, 1.54) is 6.07 Å². The summed E-state index contributed by atoms with van der Waals surface area (Å²) in [5.41, 5.74) is 1.68. The number of amides is 2. The van der Waals surface area contributed by atoms with Crippen molar-refractivity contribution in [2.75, 3.05) is 11.9 Å². The van der Waals surface area contributed by atoms with Crippen LogP contribution in [0.5, 0.6) is 5.75 Å². The molecule has 1 aromatic heterocycles. The monoisotopic (exact) mass is 372 g/mol. The van der Waals surface area contributed by atoms with E-state index in [9.17, 15) is 14.7 Å². The molecule has 1 aromatic carbocycles. The highest BCUT2D eigenvalue weighted by Gasteiger charge is 2.31. The molecule has 0 bridgehead atoms.